The number of halogens is 2. The highest BCUT2D eigenvalue weighted by Gasteiger charge is 2.13. The van der Waals surface area contributed by atoms with Crippen LogP contribution in [0.25, 0.3) is 0 Å². The fourth-order valence-electron chi connectivity index (χ4n) is 2.54. The third kappa shape index (κ3) is 7.48. The van der Waals surface area contributed by atoms with Crippen molar-refractivity contribution < 1.29 is 18.3 Å². The number of aromatic nitrogens is 2. The fraction of sp³-hybridized carbons (Fsp3) is 0.286. The minimum Gasteiger partial charge on any atom is -0.433 e. The normalized spacial score (nSPS) is 11.2. The van der Waals surface area contributed by atoms with Gasteiger partial charge in [0.05, 0.1) is 11.4 Å². The predicted molar refractivity (Wildman–Crippen MR) is 122 cm³/mol. The SMILES string of the molecule is CC(C)c1ccc(CSc2nnc(SCC(=O)Nc3ccccc3OC(F)F)s2)cc1. The molecule has 0 atom stereocenters. The molecule has 0 saturated heterocycles. The van der Waals surface area contributed by atoms with E-state index in [1.807, 2.05) is 0 Å². The van der Waals surface area contributed by atoms with Gasteiger partial charge in [0, 0.05) is 5.75 Å². The first kappa shape index (κ1) is 23.5. The molecule has 1 aromatic heterocycles. The van der Waals surface area contributed by atoms with Crippen LogP contribution in [-0.4, -0.2) is 28.5 Å². The number of amides is 1. The molecule has 3 aromatic rings. The first-order valence-corrected chi connectivity index (χ1v) is 12.2. The molecule has 0 radical (unpaired) electrons. The number of benzene rings is 2. The summed E-state index contributed by atoms with van der Waals surface area (Å²) in [4.78, 5) is 12.2. The van der Waals surface area contributed by atoms with Crippen molar-refractivity contribution in [1.82, 2.24) is 10.2 Å². The highest BCUT2D eigenvalue weighted by molar-refractivity contribution is 8.03. The van der Waals surface area contributed by atoms with Crippen molar-refractivity contribution in [2.24, 2.45) is 0 Å². The average Bonchev–Trinajstić information content (AvgIpc) is 3.20. The third-order valence-electron chi connectivity index (χ3n) is 4.10. The second kappa shape index (κ2) is 11.4. The molecule has 0 aliphatic rings. The van der Waals surface area contributed by atoms with Gasteiger partial charge < -0.3 is 10.1 Å². The van der Waals surface area contributed by atoms with E-state index in [4.69, 9.17) is 0 Å². The van der Waals surface area contributed by atoms with Crippen LogP contribution in [0.2, 0.25) is 0 Å². The zero-order valence-electron chi connectivity index (χ0n) is 16.9. The molecule has 10 heteroatoms. The molecule has 1 amide bonds. The summed E-state index contributed by atoms with van der Waals surface area (Å²) in [5.41, 5.74) is 2.72. The number of para-hydroxylation sites is 2. The summed E-state index contributed by atoms with van der Waals surface area (Å²) in [7, 11) is 0. The highest BCUT2D eigenvalue weighted by atomic mass is 32.2. The molecule has 0 fully saturated rings. The van der Waals surface area contributed by atoms with Gasteiger partial charge in [-0.1, -0.05) is 85.1 Å². The summed E-state index contributed by atoms with van der Waals surface area (Å²) in [6, 6.07) is 14.6. The van der Waals surface area contributed by atoms with E-state index in [-0.39, 0.29) is 23.1 Å². The van der Waals surface area contributed by atoms with Crippen LogP contribution in [-0.2, 0) is 10.5 Å². The summed E-state index contributed by atoms with van der Waals surface area (Å²) < 4.78 is 30.9. The van der Waals surface area contributed by atoms with Gasteiger partial charge in [0.2, 0.25) is 5.91 Å². The Labute approximate surface area is 192 Å². The Hall–Kier alpha value is -2.17. The second-order valence-electron chi connectivity index (χ2n) is 6.73. The summed E-state index contributed by atoms with van der Waals surface area (Å²) in [5.74, 6) is 0.960. The van der Waals surface area contributed by atoms with Crippen molar-refractivity contribution >= 4 is 46.5 Å². The van der Waals surface area contributed by atoms with Gasteiger partial charge in [-0.05, 0) is 29.2 Å². The van der Waals surface area contributed by atoms with Crippen LogP contribution in [0, 0.1) is 0 Å². The standard InChI is InChI=1S/C21H21F2N3O2S3/c1-13(2)15-9-7-14(8-10-15)11-29-20-25-26-21(31-20)30-12-18(27)24-16-5-3-4-6-17(16)28-19(22)23/h3-10,13,19H,11-12H2,1-2H3,(H,24,27). The summed E-state index contributed by atoms with van der Waals surface area (Å²) in [5, 5.41) is 10.9. The molecule has 0 aliphatic heterocycles. The van der Waals surface area contributed by atoms with E-state index in [1.165, 1.54) is 46.4 Å². The number of thioether (sulfide) groups is 2. The van der Waals surface area contributed by atoms with E-state index in [0.717, 1.165) is 10.1 Å². The van der Waals surface area contributed by atoms with Gasteiger partial charge in [0.25, 0.3) is 0 Å². The van der Waals surface area contributed by atoms with Gasteiger partial charge in [-0.25, -0.2) is 0 Å². The second-order valence-corrected chi connectivity index (χ2v) is 10.2. The van der Waals surface area contributed by atoms with Crippen molar-refractivity contribution in [3.63, 3.8) is 0 Å². The van der Waals surface area contributed by atoms with E-state index in [2.05, 4.69) is 58.4 Å². The lowest BCUT2D eigenvalue weighted by Gasteiger charge is -2.11. The first-order valence-electron chi connectivity index (χ1n) is 9.42. The lowest BCUT2D eigenvalue weighted by Crippen LogP contribution is -2.15. The number of hydrogen-bond acceptors (Lipinski definition) is 7. The van der Waals surface area contributed by atoms with Crippen molar-refractivity contribution in [1.29, 1.82) is 0 Å². The minimum atomic E-state index is -2.96. The number of rotatable bonds is 10. The van der Waals surface area contributed by atoms with Crippen molar-refractivity contribution in [2.45, 2.75) is 40.8 Å². The molecule has 0 unspecified atom stereocenters. The number of hydrogen-bond donors (Lipinski definition) is 1. The Bertz CT molecular complexity index is 998. The Balaban J connectivity index is 1.47. The van der Waals surface area contributed by atoms with Gasteiger partial charge in [0.15, 0.2) is 8.68 Å². The van der Waals surface area contributed by atoms with E-state index < -0.39 is 6.61 Å². The zero-order chi connectivity index (χ0) is 22.2. The minimum absolute atomic E-state index is 0.0770. The molecule has 3 rings (SSSR count). The zero-order valence-corrected chi connectivity index (χ0v) is 19.3. The highest BCUT2D eigenvalue weighted by Crippen LogP contribution is 2.31. The monoisotopic (exact) mass is 481 g/mol. The van der Waals surface area contributed by atoms with Crippen LogP contribution in [0.4, 0.5) is 14.5 Å². The molecule has 1 N–H and O–H groups in total. The maximum atomic E-state index is 12.5. The lowest BCUT2D eigenvalue weighted by atomic mass is 10.0. The van der Waals surface area contributed by atoms with Gasteiger partial charge in [-0.3, -0.25) is 4.79 Å². The molecule has 0 bridgehead atoms. The number of ether oxygens (including phenoxy) is 1. The maximum absolute atomic E-state index is 12.5. The number of alkyl halides is 2. The van der Waals surface area contributed by atoms with Gasteiger partial charge >= 0.3 is 6.61 Å². The fourth-order valence-corrected chi connectivity index (χ4v) is 5.32. The van der Waals surface area contributed by atoms with E-state index in [1.54, 1.807) is 23.9 Å². The lowest BCUT2D eigenvalue weighted by molar-refractivity contribution is -0.113. The predicted octanol–water partition coefficient (Wildman–Crippen LogP) is 6.29. The van der Waals surface area contributed by atoms with Crippen LogP contribution in [0.5, 0.6) is 5.75 Å². The Kier molecular flexibility index (Phi) is 8.68. The molecular formula is C21H21F2N3O2S3. The van der Waals surface area contributed by atoms with E-state index in [0.29, 0.717) is 10.3 Å². The number of carbonyl (C=O) groups is 1. The van der Waals surface area contributed by atoms with Crippen LogP contribution in [0.1, 0.15) is 30.9 Å². The van der Waals surface area contributed by atoms with Crippen LogP contribution in [0.3, 0.4) is 0 Å². The Morgan fingerprint density at radius 3 is 2.42 bits per heavy atom. The molecule has 31 heavy (non-hydrogen) atoms. The number of nitrogens with zero attached hydrogens (tertiary/aromatic N) is 2. The van der Waals surface area contributed by atoms with Crippen molar-refractivity contribution in [3.8, 4) is 5.75 Å². The van der Waals surface area contributed by atoms with Crippen LogP contribution < -0.4 is 10.1 Å². The largest absolute Gasteiger partial charge is 0.433 e. The number of anilines is 1. The first-order chi connectivity index (χ1) is 14.9. The van der Waals surface area contributed by atoms with Crippen LogP contribution in [0.15, 0.2) is 57.2 Å². The molecule has 5 nitrogen and oxygen atoms in total. The van der Waals surface area contributed by atoms with Crippen molar-refractivity contribution in [2.75, 3.05) is 11.1 Å². The smallest absolute Gasteiger partial charge is 0.387 e. The molecule has 0 saturated carbocycles. The quantitative estimate of drug-likeness (QED) is 0.344. The van der Waals surface area contributed by atoms with Gasteiger partial charge in [0.1, 0.15) is 5.75 Å². The summed E-state index contributed by atoms with van der Waals surface area (Å²) in [6.07, 6.45) is 0. The Morgan fingerprint density at radius 2 is 1.74 bits per heavy atom. The average molecular weight is 482 g/mol. The topological polar surface area (TPSA) is 64.1 Å². The van der Waals surface area contributed by atoms with Crippen LogP contribution >= 0.6 is 34.9 Å². The molecule has 2 aromatic carbocycles. The molecule has 0 spiro atoms. The molecule has 164 valence electrons. The van der Waals surface area contributed by atoms with E-state index in [9.17, 15) is 13.6 Å². The molecule has 1 heterocycles. The molecular weight excluding hydrogens is 460 g/mol. The summed E-state index contributed by atoms with van der Waals surface area (Å²) >= 11 is 4.26. The van der Waals surface area contributed by atoms with Gasteiger partial charge in [-0.15, -0.1) is 10.2 Å². The molecule has 0 aliphatic carbocycles. The number of carbonyl (C=O) groups excluding carboxylic acids is 1. The maximum Gasteiger partial charge on any atom is 0.387 e. The summed E-state index contributed by atoms with van der Waals surface area (Å²) in [6.45, 7) is 1.37. The third-order valence-corrected chi connectivity index (χ3v) is 7.36. The van der Waals surface area contributed by atoms with Gasteiger partial charge in [-0.2, -0.15) is 8.78 Å². The number of nitrogens with one attached hydrogen (secondary N) is 1. The van der Waals surface area contributed by atoms with E-state index >= 15 is 0 Å². The van der Waals surface area contributed by atoms with Crippen molar-refractivity contribution in [3.05, 3.63) is 59.7 Å². The Morgan fingerprint density at radius 1 is 1.06 bits per heavy atom.